The third kappa shape index (κ3) is 1.60. The van der Waals surface area contributed by atoms with Crippen molar-refractivity contribution in [1.29, 1.82) is 0 Å². The molecule has 0 saturated heterocycles. The molecule has 0 fully saturated rings. The van der Waals surface area contributed by atoms with Gasteiger partial charge in [0.15, 0.2) is 0 Å². The second-order valence-electron chi connectivity index (χ2n) is 3.15. The van der Waals surface area contributed by atoms with Gasteiger partial charge in [0, 0.05) is 10.7 Å². The minimum atomic E-state index is -0.0741. The van der Waals surface area contributed by atoms with Crippen LogP contribution in [0, 0.1) is 0 Å². The lowest BCUT2D eigenvalue weighted by Crippen LogP contribution is -2.09. The fourth-order valence-corrected chi connectivity index (χ4v) is 2.19. The molecule has 14 heavy (non-hydrogen) atoms. The molecule has 0 radical (unpaired) electrons. The standard InChI is InChI=1S/C9H9Br2N3/c1-5(12)9-13-8(11)7-4-6(10)2-3-14(7)9/h2-5H,12H2,1H3. The summed E-state index contributed by atoms with van der Waals surface area (Å²) in [6.07, 6.45) is 1.95. The number of pyridine rings is 1. The zero-order valence-electron chi connectivity index (χ0n) is 7.54. The van der Waals surface area contributed by atoms with Gasteiger partial charge in [-0.15, -0.1) is 0 Å². The molecule has 0 aliphatic heterocycles. The van der Waals surface area contributed by atoms with Crippen molar-refractivity contribution < 1.29 is 0 Å². The van der Waals surface area contributed by atoms with Crippen LogP contribution in [-0.2, 0) is 0 Å². The highest BCUT2D eigenvalue weighted by Gasteiger charge is 2.11. The molecule has 0 spiro atoms. The molecule has 2 N–H and O–H groups in total. The third-order valence-electron chi connectivity index (χ3n) is 2.00. The number of halogens is 2. The molecule has 2 rings (SSSR count). The van der Waals surface area contributed by atoms with Gasteiger partial charge in [-0.1, -0.05) is 15.9 Å². The maximum Gasteiger partial charge on any atom is 0.132 e. The molecule has 3 nitrogen and oxygen atoms in total. The van der Waals surface area contributed by atoms with Gasteiger partial charge in [0.05, 0.1) is 11.6 Å². The van der Waals surface area contributed by atoms with Gasteiger partial charge < -0.3 is 10.1 Å². The number of imidazole rings is 1. The molecule has 0 aliphatic carbocycles. The Bertz CT molecular complexity index is 476. The van der Waals surface area contributed by atoms with Crippen LogP contribution in [0.3, 0.4) is 0 Å². The largest absolute Gasteiger partial charge is 0.322 e. The summed E-state index contributed by atoms with van der Waals surface area (Å²) in [6.45, 7) is 1.92. The van der Waals surface area contributed by atoms with Gasteiger partial charge in [0.1, 0.15) is 10.4 Å². The highest BCUT2D eigenvalue weighted by atomic mass is 79.9. The van der Waals surface area contributed by atoms with Crippen LogP contribution >= 0.6 is 31.9 Å². The van der Waals surface area contributed by atoms with Crippen LogP contribution in [0.1, 0.15) is 18.8 Å². The summed E-state index contributed by atoms with van der Waals surface area (Å²) in [7, 11) is 0. The predicted octanol–water partition coefficient (Wildman–Crippen LogP) is 2.88. The van der Waals surface area contributed by atoms with Crippen molar-refractivity contribution >= 4 is 37.4 Å². The van der Waals surface area contributed by atoms with Crippen LogP contribution < -0.4 is 5.73 Å². The van der Waals surface area contributed by atoms with Crippen molar-refractivity contribution in [3.05, 3.63) is 33.2 Å². The molecule has 0 saturated carbocycles. The fourth-order valence-electron chi connectivity index (χ4n) is 1.37. The van der Waals surface area contributed by atoms with Crippen LogP contribution in [0.4, 0.5) is 0 Å². The van der Waals surface area contributed by atoms with E-state index in [1.54, 1.807) is 0 Å². The highest BCUT2D eigenvalue weighted by molar-refractivity contribution is 9.11. The van der Waals surface area contributed by atoms with Gasteiger partial charge in [-0.25, -0.2) is 4.98 Å². The summed E-state index contributed by atoms with van der Waals surface area (Å²) >= 11 is 6.83. The van der Waals surface area contributed by atoms with Crippen molar-refractivity contribution in [3.8, 4) is 0 Å². The molecule has 5 heteroatoms. The monoisotopic (exact) mass is 317 g/mol. The lowest BCUT2D eigenvalue weighted by Gasteiger charge is -2.03. The summed E-state index contributed by atoms with van der Waals surface area (Å²) in [5.74, 6) is 0.861. The lowest BCUT2D eigenvalue weighted by molar-refractivity contribution is 0.734. The highest BCUT2D eigenvalue weighted by Crippen LogP contribution is 2.24. The van der Waals surface area contributed by atoms with Gasteiger partial charge in [0.2, 0.25) is 0 Å². The smallest absolute Gasteiger partial charge is 0.132 e. The Morgan fingerprint density at radius 1 is 1.50 bits per heavy atom. The predicted molar refractivity (Wildman–Crippen MR) is 63.2 cm³/mol. The van der Waals surface area contributed by atoms with E-state index in [-0.39, 0.29) is 6.04 Å². The molecule has 0 amide bonds. The summed E-state index contributed by atoms with van der Waals surface area (Å²) < 4.78 is 3.84. The molecule has 2 aromatic heterocycles. The normalized spacial score (nSPS) is 13.4. The Morgan fingerprint density at radius 3 is 2.86 bits per heavy atom. The quantitative estimate of drug-likeness (QED) is 0.878. The lowest BCUT2D eigenvalue weighted by atomic mass is 10.3. The SMILES string of the molecule is CC(N)c1nc(Br)c2cc(Br)ccn12. The Hall–Kier alpha value is -0.390. The van der Waals surface area contributed by atoms with Crippen LogP contribution in [0.2, 0.25) is 0 Å². The molecule has 1 unspecified atom stereocenters. The molecule has 1 atom stereocenters. The maximum absolute atomic E-state index is 5.82. The average molecular weight is 319 g/mol. The fraction of sp³-hybridized carbons (Fsp3) is 0.222. The first-order chi connectivity index (χ1) is 6.59. The Balaban J connectivity index is 2.77. The minimum absolute atomic E-state index is 0.0741. The number of aromatic nitrogens is 2. The number of nitrogens with zero attached hydrogens (tertiary/aromatic N) is 2. The zero-order chi connectivity index (χ0) is 10.3. The first-order valence-electron chi connectivity index (χ1n) is 4.18. The van der Waals surface area contributed by atoms with Crippen molar-refractivity contribution in [2.24, 2.45) is 5.73 Å². The zero-order valence-corrected chi connectivity index (χ0v) is 10.7. The van der Waals surface area contributed by atoms with Gasteiger partial charge in [-0.3, -0.25) is 0 Å². The minimum Gasteiger partial charge on any atom is -0.322 e. The Labute approximate surface area is 98.6 Å². The van der Waals surface area contributed by atoms with Crippen LogP contribution in [0.15, 0.2) is 27.4 Å². The third-order valence-corrected chi connectivity index (χ3v) is 3.07. The second kappa shape index (κ2) is 3.64. The van der Waals surface area contributed by atoms with E-state index >= 15 is 0 Å². The van der Waals surface area contributed by atoms with E-state index in [0.29, 0.717) is 0 Å². The number of hydrogen-bond donors (Lipinski definition) is 1. The summed E-state index contributed by atoms with van der Waals surface area (Å²) in [5, 5.41) is 0. The average Bonchev–Trinajstić information content (AvgIpc) is 2.44. The number of hydrogen-bond acceptors (Lipinski definition) is 2. The van der Waals surface area contributed by atoms with Gasteiger partial charge in [-0.05, 0) is 35.0 Å². The first-order valence-corrected chi connectivity index (χ1v) is 5.77. The maximum atomic E-state index is 5.82. The summed E-state index contributed by atoms with van der Waals surface area (Å²) in [6, 6.07) is 3.89. The van der Waals surface area contributed by atoms with Crippen LogP contribution in [0.25, 0.3) is 5.52 Å². The van der Waals surface area contributed by atoms with Crippen molar-refractivity contribution in [1.82, 2.24) is 9.38 Å². The van der Waals surface area contributed by atoms with Crippen molar-refractivity contribution in [3.63, 3.8) is 0 Å². The topological polar surface area (TPSA) is 43.3 Å². The molecule has 74 valence electrons. The van der Waals surface area contributed by atoms with E-state index in [0.717, 1.165) is 20.4 Å². The van der Waals surface area contributed by atoms with Crippen LogP contribution in [-0.4, -0.2) is 9.38 Å². The van der Waals surface area contributed by atoms with Crippen molar-refractivity contribution in [2.45, 2.75) is 13.0 Å². The first kappa shape index (κ1) is 10.1. The molecule has 0 aromatic carbocycles. The number of nitrogens with two attached hydrogens (primary N) is 1. The molecular formula is C9H9Br2N3. The molecule has 0 aliphatic rings. The molecule has 0 bridgehead atoms. The number of fused-ring (bicyclic) bond motifs is 1. The van der Waals surface area contributed by atoms with Crippen LogP contribution in [0.5, 0.6) is 0 Å². The Kier molecular flexibility index (Phi) is 2.64. The van der Waals surface area contributed by atoms with Gasteiger partial charge >= 0.3 is 0 Å². The van der Waals surface area contributed by atoms with E-state index in [2.05, 4.69) is 36.8 Å². The van der Waals surface area contributed by atoms with E-state index < -0.39 is 0 Å². The van der Waals surface area contributed by atoms with Gasteiger partial charge in [-0.2, -0.15) is 0 Å². The van der Waals surface area contributed by atoms with E-state index in [1.807, 2.05) is 29.7 Å². The molecule has 2 heterocycles. The van der Waals surface area contributed by atoms with Gasteiger partial charge in [0.25, 0.3) is 0 Å². The molecular weight excluding hydrogens is 310 g/mol. The van der Waals surface area contributed by atoms with Crippen molar-refractivity contribution in [2.75, 3.05) is 0 Å². The van der Waals surface area contributed by atoms with E-state index in [9.17, 15) is 0 Å². The number of rotatable bonds is 1. The second-order valence-corrected chi connectivity index (χ2v) is 4.82. The molecule has 2 aromatic rings. The van der Waals surface area contributed by atoms with E-state index in [4.69, 9.17) is 5.73 Å². The summed E-state index contributed by atoms with van der Waals surface area (Å²) in [5.41, 5.74) is 6.84. The van der Waals surface area contributed by atoms with E-state index in [1.165, 1.54) is 0 Å². The Morgan fingerprint density at radius 2 is 2.21 bits per heavy atom. The summed E-state index contributed by atoms with van der Waals surface area (Å²) in [4.78, 5) is 4.36.